The van der Waals surface area contributed by atoms with Crippen molar-refractivity contribution in [2.45, 2.75) is 32.6 Å². The molecule has 0 atom stereocenters. The van der Waals surface area contributed by atoms with Crippen molar-refractivity contribution in [1.82, 2.24) is 0 Å². The van der Waals surface area contributed by atoms with E-state index in [0.29, 0.717) is 0 Å². The van der Waals surface area contributed by atoms with Crippen LogP contribution in [0.2, 0.25) is 0 Å². The van der Waals surface area contributed by atoms with Gasteiger partial charge in [-0.25, -0.2) is 0 Å². The van der Waals surface area contributed by atoms with Crippen molar-refractivity contribution in [3.05, 3.63) is 42.3 Å². The Morgan fingerprint density at radius 3 is 2.58 bits per heavy atom. The van der Waals surface area contributed by atoms with Crippen molar-refractivity contribution in [1.29, 1.82) is 0 Å². The van der Waals surface area contributed by atoms with Crippen molar-refractivity contribution in [3.63, 3.8) is 0 Å². The van der Waals surface area contributed by atoms with E-state index >= 15 is 0 Å². The summed E-state index contributed by atoms with van der Waals surface area (Å²) in [7, 11) is 0. The zero-order valence-electron chi connectivity index (χ0n) is 7.72. The summed E-state index contributed by atoms with van der Waals surface area (Å²) < 4.78 is 0. The third kappa shape index (κ3) is 3.56. The summed E-state index contributed by atoms with van der Waals surface area (Å²) in [4.78, 5) is 0. The Kier molecular flexibility index (Phi) is 4.51. The molecule has 0 saturated carbocycles. The summed E-state index contributed by atoms with van der Waals surface area (Å²) in [6.07, 6.45) is 8.07. The molecule has 0 aliphatic rings. The lowest BCUT2D eigenvalue weighted by Gasteiger charge is -1.98. The highest BCUT2D eigenvalue weighted by molar-refractivity contribution is 5.16. The Hall–Kier alpha value is -0.780. The van der Waals surface area contributed by atoms with Gasteiger partial charge in [-0.1, -0.05) is 50.1 Å². The van der Waals surface area contributed by atoms with Gasteiger partial charge in [0.25, 0.3) is 0 Å². The number of unbranched alkanes of at least 4 members (excludes halogenated alkanes) is 3. The minimum absolute atomic E-state index is 1.00. The molecule has 0 fully saturated rings. The topological polar surface area (TPSA) is 0 Å². The first-order chi connectivity index (χ1) is 5.93. The Bertz CT molecular complexity index is 188. The van der Waals surface area contributed by atoms with E-state index in [-0.39, 0.29) is 0 Å². The van der Waals surface area contributed by atoms with Gasteiger partial charge < -0.3 is 0 Å². The van der Waals surface area contributed by atoms with Gasteiger partial charge in [-0.15, -0.1) is 0 Å². The van der Waals surface area contributed by atoms with E-state index in [2.05, 4.69) is 43.7 Å². The van der Waals surface area contributed by atoms with E-state index in [0.717, 1.165) is 12.8 Å². The molecule has 0 aliphatic carbocycles. The van der Waals surface area contributed by atoms with E-state index in [1.165, 1.54) is 18.4 Å². The highest BCUT2D eigenvalue weighted by Gasteiger charge is 1.91. The fourth-order valence-electron chi connectivity index (χ4n) is 1.13. The van der Waals surface area contributed by atoms with Crippen molar-refractivity contribution in [2.75, 3.05) is 0 Å². The van der Waals surface area contributed by atoms with E-state index in [4.69, 9.17) is 0 Å². The molecule has 0 saturated heterocycles. The third-order valence-corrected chi connectivity index (χ3v) is 1.88. The average Bonchev–Trinajstić information content (AvgIpc) is 2.14. The maximum atomic E-state index is 3.40. The van der Waals surface area contributed by atoms with Crippen LogP contribution in [-0.2, 0) is 6.42 Å². The summed E-state index contributed by atoms with van der Waals surface area (Å²) in [5, 5.41) is 0. The molecule has 0 heteroatoms. The summed E-state index contributed by atoms with van der Waals surface area (Å²) in [5.74, 6) is 0. The lowest BCUT2D eigenvalue weighted by Crippen LogP contribution is -1.85. The molecule has 0 spiro atoms. The van der Waals surface area contributed by atoms with E-state index in [1.54, 1.807) is 0 Å². The van der Waals surface area contributed by atoms with Crippen LogP contribution >= 0.6 is 0 Å². The second-order valence-corrected chi connectivity index (χ2v) is 3.02. The van der Waals surface area contributed by atoms with Crippen LogP contribution in [0, 0.1) is 6.42 Å². The molecule has 0 nitrogen and oxygen atoms in total. The van der Waals surface area contributed by atoms with Crippen molar-refractivity contribution < 1.29 is 0 Å². The highest BCUT2D eigenvalue weighted by Crippen LogP contribution is 2.05. The standard InChI is InChI=1S/C12H16/c1-2-3-4-6-9-12-10-7-5-8-11-12/h5,7-8,10-11H,2-4,9H2,1H3. The van der Waals surface area contributed by atoms with Crippen LogP contribution in [0.5, 0.6) is 0 Å². The van der Waals surface area contributed by atoms with Gasteiger partial charge >= 0.3 is 0 Å². The van der Waals surface area contributed by atoms with Crippen LogP contribution in [0.1, 0.15) is 31.7 Å². The van der Waals surface area contributed by atoms with Gasteiger partial charge in [-0.05, 0) is 24.8 Å². The molecular weight excluding hydrogens is 144 g/mol. The molecule has 64 valence electrons. The fraction of sp³-hybridized carbons (Fsp3) is 0.417. The average molecular weight is 160 g/mol. The van der Waals surface area contributed by atoms with Gasteiger partial charge in [-0.2, -0.15) is 0 Å². The molecule has 1 rings (SSSR count). The van der Waals surface area contributed by atoms with Gasteiger partial charge in [0.1, 0.15) is 0 Å². The minimum atomic E-state index is 1.00. The van der Waals surface area contributed by atoms with Crippen LogP contribution in [0.15, 0.2) is 30.3 Å². The third-order valence-electron chi connectivity index (χ3n) is 1.88. The Labute approximate surface area is 75.6 Å². The second-order valence-electron chi connectivity index (χ2n) is 3.02. The van der Waals surface area contributed by atoms with Gasteiger partial charge in [-0.3, -0.25) is 0 Å². The monoisotopic (exact) mass is 160 g/mol. The zero-order valence-corrected chi connectivity index (χ0v) is 7.72. The molecule has 12 heavy (non-hydrogen) atoms. The number of hydrogen-bond donors (Lipinski definition) is 0. The maximum absolute atomic E-state index is 3.40. The highest BCUT2D eigenvalue weighted by atomic mass is 14.0. The Balaban J connectivity index is 2.16. The van der Waals surface area contributed by atoms with Crippen LogP contribution in [0.25, 0.3) is 0 Å². The lowest BCUT2D eigenvalue weighted by molar-refractivity contribution is 0.767. The number of hydrogen-bond acceptors (Lipinski definition) is 0. The molecular formula is C12H16. The summed E-state index contributed by atoms with van der Waals surface area (Å²) in [6.45, 7) is 2.21. The van der Waals surface area contributed by atoms with Crippen molar-refractivity contribution >= 4 is 0 Å². The molecule has 0 heterocycles. The first-order valence-electron chi connectivity index (χ1n) is 4.68. The SMILES string of the molecule is CCCC[C]Cc1ccccc1. The minimum Gasteiger partial charge on any atom is -0.0654 e. The first-order valence-corrected chi connectivity index (χ1v) is 4.68. The molecule has 2 radical (unpaired) electrons. The quantitative estimate of drug-likeness (QED) is 0.578. The molecule has 1 aromatic rings. The van der Waals surface area contributed by atoms with Crippen LogP contribution in [0.3, 0.4) is 0 Å². The Morgan fingerprint density at radius 1 is 1.17 bits per heavy atom. The van der Waals surface area contributed by atoms with Crippen LogP contribution < -0.4 is 0 Å². The van der Waals surface area contributed by atoms with Gasteiger partial charge in [0, 0.05) is 0 Å². The largest absolute Gasteiger partial charge is 0.0654 e. The number of benzene rings is 1. The molecule has 1 aromatic carbocycles. The smallest absolute Gasteiger partial charge is 0.0126 e. The lowest BCUT2D eigenvalue weighted by atomic mass is 10.1. The van der Waals surface area contributed by atoms with Crippen LogP contribution in [0.4, 0.5) is 0 Å². The zero-order chi connectivity index (χ0) is 8.65. The van der Waals surface area contributed by atoms with Gasteiger partial charge in [0.15, 0.2) is 0 Å². The van der Waals surface area contributed by atoms with E-state index in [9.17, 15) is 0 Å². The molecule has 0 aliphatic heterocycles. The molecule has 0 N–H and O–H groups in total. The molecule has 0 aromatic heterocycles. The van der Waals surface area contributed by atoms with Gasteiger partial charge in [0.2, 0.25) is 0 Å². The predicted molar refractivity (Wildman–Crippen MR) is 52.9 cm³/mol. The summed E-state index contributed by atoms with van der Waals surface area (Å²) in [6, 6.07) is 10.5. The normalized spacial score (nSPS) is 10.1. The summed E-state index contributed by atoms with van der Waals surface area (Å²) >= 11 is 0. The molecule has 0 unspecified atom stereocenters. The summed E-state index contributed by atoms with van der Waals surface area (Å²) in [5.41, 5.74) is 1.37. The van der Waals surface area contributed by atoms with Crippen LogP contribution in [-0.4, -0.2) is 0 Å². The maximum Gasteiger partial charge on any atom is -0.0126 e. The molecule has 0 amide bonds. The van der Waals surface area contributed by atoms with E-state index in [1.807, 2.05) is 0 Å². The molecule has 0 bridgehead atoms. The number of rotatable bonds is 5. The van der Waals surface area contributed by atoms with Crippen molar-refractivity contribution in [2.24, 2.45) is 0 Å². The Morgan fingerprint density at radius 2 is 1.92 bits per heavy atom. The fourth-order valence-corrected chi connectivity index (χ4v) is 1.13. The first kappa shape index (κ1) is 9.31. The predicted octanol–water partition coefficient (Wildman–Crippen LogP) is 3.50. The van der Waals surface area contributed by atoms with Gasteiger partial charge in [0.05, 0.1) is 0 Å². The van der Waals surface area contributed by atoms with E-state index < -0.39 is 0 Å². The second kappa shape index (κ2) is 5.82. The van der Waals surface area contributed by atoms with Crippen molar-refractivity contribution in [3.8, 4) is 0 Å².